The molecule has 8 nitrogen and oxygen atoms in total. The van der Waals surface area contributed by atoms with E-state index in [2.05, 4.69) is 16.0 Å². The van der Waals surface area contributed by atoms with E-state index in [0.717, 1.165) is 41.6 Å². The standard InChI is InChI=1S/C28H34N4O4/c1-3-6-24(34)31-13-10-28(11-14-31)18-32(25(35)15-19-7-4-5-12-29-19)23(17-33)27-26(28)21-9-8-20(36-2)16-22(21)30-27/h4-5,7-9,12,16,23,30,33H,3,6,10-11,13-15,17-18H2,1-2H3/t23-/m1/s1. The minimum absolute atomic E-state index is 0.0569. The number of aliphatic hydroxyl groups excluding tert-OH is 1. The van der Waals surface area contributed by atoms with E-state index in [9.17, 15) is 14.7 Å². The van der Waals surface area contributed by atoms with Crippen LogP contribution in [0, 0.1) is 0 Å². The summed E-state index contributed by atoms with van der Waals surface area (Å²) in [6.45, 7) is 3.67. The molecule has 2 aliphatic rings. The average molecular weight is 491 g/mol. The number of nitrogens with zero attached hydrogens (tertiary/aromatic N) is 3. The molecular formula is C28H34N4O4. The number of fused-ring (bicyclic) bond motifs is 4. The van der Waals surface area contributed by atoms with Crippen molar-refractivity contribution in [2.75, 3.05) is 33.4 Å². The minimum Gasteiger partial charge on any atom is -0.497 e. The third-order valence-electron chi connectivity index (χ3n) is 7.84. The van der Waals surface area contributed by atoms with Gasteiger partial charge in [-0.3, -0.25) is 14.6 Å². The highest BCUT2D eigenvalue weighted by atomic mass is 16.5. The fourth-order valence-electron chi connectivity index (χ4n) is 5.99. The molecule has 0 radical (unpaired) electrons. The number of hydrogen-bond acceptors (Lipinski definition) is 5. The molecular weight excluding hydrogens is 456 g/mol. The number of likely N-dealkylation sites (tertiary alicyclic amines) is 1. The molecule has 2 N–H and O–H groups in total. The van der Waals surface area contributed by atoms with Gasteiger partial charge in [0.1, 0.15) is 5.75 Å². The van der Waals surface area contributed by atoms with Crippen molar-refractivity contribution in [1.29, 1.82) is 0 Å². The molecule has 4 heterocycles. The quantitative estimate of drug-likeness (QED) is 0.552. The first-order chi connectivity index (χ1) is 17.5. The SMILES string of the molecule is CCCC(=O)N1CCC2(CC1)CN(C(=O)Cc1ccccn1)[C@H](CO)c1[nH]c3cc(OC)ccc3c12. The number of pyridine rings is 1. The lowest BCUT2D eigenvalue weighted by Gasteiger charge is -2.50. The van der Waals surface area contributed by atoms with Gasteiger partial charge in [-0.25, -0.2) is 0 Å². The number of aliphatic hydroxyl groups is 1. The molecule has 0 unspecified atom stereocenters. The van der Waals surface area contributed by atoms with Gasteiger partial charge in [-0.2, -0.15) is 0 Å². The summed E-state index contributed by atoms with van der Waals surface area (Å²) < 4.78 is 5.45. The van der Waals surface area contributed by atoms with Gasteiger partial charge in [0.2, 0.25) is 11.8 Å². The monoisotopic (exact) mass is 490 g/mol. The molecule has 36 heavy (non-hydrogen) atoms. The van der Waals surface area contributed by atoms with Gasteiger partial charge >= 0.3 is 0 Å². The molecule has 2 aromatic heterocycles. The van der Waals surface area contributed by atoms with Crippen LogP contribution in [0.1, 0.15) is 55.6 Å². The Morgan fingerprint density at radius 3 is 2.67 bits per heavy atom. The van der Waals surface area contributed by atoms with E-state index in [1.807, 2.05) is 47.1 Å². The van der Waals surface area contributed by atoms with Crippen LogP contribution in [0.5, 0.6) is 5.75 Å². The molecule has 1 saturated heterocycles. The minimum atomic E-state index is -0.472. The molecule has 0 aliphatic carbocycles. The van der Waals surface area contributed by atoms with Crippen molar-refractivity contribution >= 4 is 22.7 Å². The molecule has 2 amide bonds. The van der Waals surface area contributed by atoms with Crippen LogP contribution in [-0.2, 0) is 21.4 Å². The number of hydrogen-bond donors (Lipinski definition) is 2. The summed E-state index contributed by atoms with van der Waals surface area (Å²) in [5, 5.41) is 11.6. The van der Waals surface area contributed by atoms with Crippen molar-refractivity contribution in [2.45, 2.75) is 50.5 Å². The van der Waals surface area contributed by atoms with Gasteiger partial charge in [-0.15, -0.1) is 0 Å². The zero-order valence-corrected chi connectivity index (χ0v) is 21.0. The maximum atomic E-state index is 13.6. The summed E-state index contributed by atoms with van der Waals surface area (Å²) in [6, 6.07) is 11.1. The molecule has 0 saturated carbocycles. The number of ether oxygens (including phenoxy) is 1. The lowest BCUT2D eigenvalue weighted by molar-refractivity contribution is -0.139. The van der Waals surface area contributed by atoms with Crippen LogP contribution in [0.2, 0.25) is 0 Å². The first-order valence-electron chi connectivity index (χ1n) is 12.8. The Balaban J connectivity index is 1.56. The Kier molecular flexibility index (Phi) is 6.71. The summed E-state index contributed by atoms with van der Waals surface area (Å²) in [4.78, 5) is 37.9. The Morgan fingerprint density at radius 2 is 2.00 bits per heavy atom. The second-order valence-electron chi connectivity index (χ2n) is 9.95. The highest BCUT2D eigenvalue weighted by Crippen LogP contribution is 2.49. The van der Waals surface area contributed by atoms with Crippen LogP contribution in [0.4, 0.5) is 0 Å². The van der Waals surface area contributed by atoms with Gasteiger partial charge in [0.15, 0.2) is 0 Å². The highest BCUT2D eigenvalue weighted by molar-refractivity contribution is 5.89. The highest BCUT2D eigenvalue weighted by Gasteiger charge is 2.49. The van der Waals surface area contributed by atoms with Gasteiger partial charge < -0.3 is 24.6 Å². The van der Waals surface area contributed by atoms with Crippen LogP contribution < -0.4 is 4.74 Å². The average Bonchev–Trinajstić information content (AvgIpc) is 3.29. The number of carbonyl (C=O) groups is 2. The molecule has 190 valence electrons. The normalized spacial score (nSPS) is 18.9. The van der Waals surface area contributed by atoms with E-state index >= 15 is 0 Å². The fraction of sp³-hybridized carbons (Fsp3) is 0.464. The van der Waals surface area contributed by atoms with Crippen molar-refractivity contribution in [2.24, 2.45) is 0 Å². The number of piperidine rings is 1. The van der Waals surface area contributed by atoms with Crippen LogP contribution in [-0.4, -0.2) is 70.0 Å². The zero-order chi connectivity index (χ0) is 25.3. The van der Waals surface area contributed by atoms with E-state index in [-0.39, 0.29) is 30.3 Å². The van der Waals surface area contributed by atoms with E-state index in [0.29, 0.717) is 31.7 Å². The summed E-state index contributed by atoms with van der Waals surface area (Å²) in [5.74, 6) is 0.889. The largest absolute Gasteiger partial charge is 0.497 e. The van der Waals surface area contributed by atoms with Crippen molar-refractivity contribution in [3.05, 3.63) is 59.5 Å². The van der Waals surface area contributed by atoms with Crippen molar-refractivity contribution < 1.29 is 19.4 Å². The number of rotatable bonds is 6. The first kappa shape index (κ1) is 24.3. The van der Waals surface area contributed by atoms with E-state index in [1.54, 1.807) is 13.3 Å². The summed E-state index contributed by atoms with van der Waals surface area (Å²) in [7, 11) is 1.64. The molecule has 0 bridgehead atoms. The van der Waals surface area contributed by atoms with Crippen LogP contribution in [0.3, 0.4) is 0 Å². The predicted molar refractivity (Wildman–Crippen MR) is 137 cm³/mol. The number of nitrogens with one attached hydrogen (secondary N) is 1. The third kappa shape index (κ3) is 4.23. The first-order valence-corrected chi connectivity index (χ1v) is 12.8. The number of methoxy groups -OCH3 is 1. The van der Waals surface area contributed by atoms with Crippen molar-refractivity contribution in [3.63, 3.8) is 0 Å². The predicted octanol–water partition coefficient (Wildman–Crippen LogP) is 3.35. The maximum absolute atomic E-state index is 13.6. The number of aromatic nitrogens is 2. The number of H-pyrrole nitrogens is 1. The molecule has 5 rings (SSSR count). The molecule has 1 atom stereocenters. The van der Waals surface area contributed by atoms with E-state index < -0.39 is 6.04 Å². The van der Waals surface area contributed by atoms with Crippen molar-refractivity contribution in [1.82, 2.24) is 19.8 Å². The number of benzene rings is 1. The van der Waals surface area contributed by atoms with Gasteiger partial charge in [0.05, 0.1) is 26.2 Å². The zero-order valence-electron chi connectivity index (χ0n) is 21.0. The molecule has 3 aromatic rings. The topological polar surface area (TPSA) is 98.8 Å². The summed E-state index contributed by atoms with van der Waals surface area (Å²) in [5.41, 5.74) is 3.39. The number of aromatic amines is 1. The summed E-state index contributed by atoms with van der Waals surface area (Å²) >= 11 is 0. The Labute approximate surface area is 211 Å². The Hall–Kier alpha value is -3.39. The van der Waals surface area contributed by atoms with Crippen LogP contribution in [0.25, 0.3) is 10.9 Å². The van der Waals surface area contributed by atoms with E-state index in [4.69, 9.17) is 4.74 Å². The number of carbonyl (C=O) groups excluding carboxylic acids is 2. The summed E-state index contributed by atoms with van der Waals surface area (Å²) in [6.07, 6.45) is 4.79. The van der Waals surface area contributed by atoms with Gasteiger partial charge in [0, 0.05) is 66.0 Å². The Bertz CT molecular complexity index is 1250. The Morgan fingerprint density at radius 1 is 1.19 bits per heavy atom. The number of amides is 2. The smallest absolute Gasteiger partial charge is 0.229 e. The van der Waals surface area contributed by atoms with E-state index in [1.165, 1.54) is 5.56 Å². The van der Waals surface area contributed by atoms with Gasteiger partial charge in [-0.1, -0.05) is 13.0 Å². The maximum Gasteiger partial charge on any atom is 0.229 e. The van der Waals surface area contributed by atoms with Crippen LogP contribution in [0.15, 0.2) is 42.6 Å². The fourth-order valence-corrected chi connectivity index (χ4v) is 5.99. The second-order valence-corrected chi connectivity index (χ2v) is 9.95. The molecule has 1 aromatic carbocycles. The van der Waals surface area contributed by atoms with Crippen LogP contribution >= 0.6 is 0 Å². The van der Waals surface area contributed by atoms with Gasteiger partial charge in [-0.05, 0) is 49.1 Å². The third-order valence-corrected chi connectivity index (χ3v) is 7.84. The molecule has 1 spiro atoms. The molecule has 8 heteroatoms. The van der Waals surface area contributed by atoms with Gasteiger partial charge in [0.25, 0.3) is 0 Å². The van der Waals surface area contributed by atoms with Crippen molar-refractivity contribution in [3.8, 4) is 5.75 Å². The molecule has 2 aliphatic heterocycles. The second kappa shape index (κ2) is 9.93. The molecule has 1 fully saturated rings. The lowest BCUT2D eigenvalue weighted by Crippen LogP contribution is -2.56. The lowest BCUT2D eigenvalue weighted by atomic mass is 9.68.